The molecule has 2 rings (SSSR count). The van der Waals surface area contributed by atoms with E-state index in [2.05, 4.69) is 56.2 Å². The standard InChI is InChI=1S/C16H26N2O/c1-5-12(3)18(4)14-11-19-15-10-8-7-9-13(15)16(14)17-6-2/h7-10,12,14,16-17H,5-6,11H2,1-4H3. The van der Waals surface area contributed by atoms with Gasteiger partial charge in [-0.15, -0.1) is 0 Å². The Bertz CT molecular complexity index is 407. The van der Waals surface area contributed by atoms with Crippen LogP contribution in [0.3, 0.4) is 0 Å². The molecule has 1 aliphatic rings. The van der Waals surface area contributed by atoms with E-state index in [-0.39, 0.29) is 0 Å². The third-order valence-corrected chi connectivity index (χ3v) is 4.28. The van der Waals surface area contributed by atoms with E-state index in [9.17, 15) is 0 Å². The second-order valence-electron chi connectivity index (χ2n) is 5.37. The van der Waals surface area contributed by atoms with Crippen molar-refractivity contribution in [2.45, 2.75) is 45.3 Å². The van der Waals surface area contributed by atoms with Gasteiger partial charge in [0.2, 0.25) is 0 Å². The minimum Gasteiger partial charge on any atom is -0.492 e. The first kappa shape index (κ1) is 14.4. The number of benzene rings is 1. The molecule has 3 nitrogen and oxygen atoms in total. The van der Waals surface area contributed by atoms with Crippen molar-refractivity contribution >= 4 is 0 Å². The summed E-state index contributed by atoms with van der Waals surface area (Å²) in [4.78, 5) is 2.45. The fraction of sp³-hybridized carbons (Fsp3) is 0.625. The zero-order valence-corrected chi connectivity index (χ0v) is 12.5. The van der Waals surface area contributed by atoms with Crippen LogP contribution in [0, 0.1) is 0 Å². The molecule has 0 aliphatic carbocycles. The summed E-state index contributed by atoms with van der Waals surface area (Å²) in [5, 5.41) is 3.63. The van der Waals surface area contributed by atoms with Gasteiger partial charge in [0.1, 0.15) is 12.4 Å². The molecule has 106 valence electrons. The van der Waals surface area contributed by atoms with Crippen molar-refractivity contribution in [1.82, 2.24) is 10.2 Å². The van der Waals surface area contributed by atoms with Crippen LogP contribution in [0.1, 0.15) is 38.8 Å². The fourth-order valence-corrected chi connectivity index (χ4v) is 2.78. The molecule has 1 heterocycles. The smallest absolute Gasteiger partial charge is 0.124 e. The van der Waals surface area contributed by atoms with E-state index in [0.717, 1.165) is 25.3 Å². The number of ether oxygens (including phenoxy) is 1. The average Bonchev–Trinajstić information content (AvgIpc) is 2.46. The van der Waals surface area contributed by atoms with Gasteiger partial charge in [-0.3, -0.25) is 4.90 Å². The molecule has 0 saturated carbocycles. The molecular formula is C16H26N2O. The molecule has 0 radical (unpaired) electrons. The van der Waals surface area contributed by atoms with Gasteiger partial charge in [0, 0.05) is 11.6 Å². The molecule has 1 aliphatic heterocycles. The van der Waals surface area contributed by atoms with Crippen molar-refractivity contribution in [3.63, 3.8) is 0 Å². The van der Waals surface area contributed by atoms with Gasteiger partial charge in [0.25, 0.3) is 0 Å². The summed E-state index contributed by atoms with van der Waals surface area (Å²) in [6.45, 7) is 8.42. The molecule has 3 atom stereocenters. The second-order valence-corrected chi connectivity index (χ2v) is 5.37. The summed E-state index contributed by atoms with van der Waals surface area (Å²) in [6, 6.07) is 9.70. The molecule has 1 N–H and O–H groups in total. The predicted molar refractivity (Wildman–Crippen MR) is 79.7 cm³/mol. The lowest BCUT2D eigenvalue weighted by atomic mass is 9.94. The van der Waals surface area contributed by atoms with Gasteiger partial charge in [-0.2, -0.15) is 0 Å². The van der Waals surface area contributed by atoms with Gasteiger partial charge < -0.3 is 10.1 Å². The van der Waals surface area contributed by atoms with Crippen molar-refractivity contribution in [2.75, 3.05) is 20.2 Å². The minimum absolute atomic E-state index is 0.356. The van der Waals surface area contributed by atoms with Crippen molar-refractivity contribution in [3.05, 3.63) is 29.8 Å². The zero-order chi connectivity index (χ0) is 13.8. The Labute approximate surface area is 116 Å². The summed E-state index contributed by atoms with van der Waals surface area (Å²) in [7, 11) is 2.21. The van der Waals surface area contributed by atoms with E-state index in [4.69, 9.17) is 4.74 Å². The fourth-order valence-electron chi connectivity index (χ4n) is 2.78. The molecule has 19 heavy (non-hydrogen) atoms. The van der Waals surface area contributed by atoms with Gasteiger partial charge in [-0.25, -0.2) is 0 Å². The number of hydrogen-bond acceptors (Lipinski definition) is 3. The number of nitrogens with zero attached hydrogens (tertiary/aromatic N) is 1. The molecule has 0 saturated heterocycles. The van der Waals surface area contributed by atoms with Gasteiger partial charge in [0.05, 0.1) is 12.1 Å². The van der Waals surface area contributed by atoms with E-state index >= 15 is 0 Å². The van der Waals surface area contributed by atoms with E-state index in [0.29, 0.717) is 18.1 Å². The van der Waals surface area contributed by atoms with Crippen molar-refractivity contribution < 1.29 is 4.74 Å². The number of para-hydroxylation sites is 1. The highest BCUT2D eigenvalue weighted by Crippen LogP contribution is 2.34. The lowest BCUT2D eigenvalue weighted by Gasteiger charge is -2.41. The summed E-state index contributed by atoms with van der Waals surface area (Å²) in [5.74, 6) is 1.03. The molecule has 0 amide bonds. The summed E-state index contributed by atoms with van der Waals surface area (Å²) in [5.41, 5.74) is 1.29. The highest BCUT2D eigenvalue weighted by molar-refractivity contribution is 5.38. The molecule has 3 unspecified atom stereocenters. The van der Waals surface area contributed by atoms with Crippen LogP contribution in [0.5, 0.6) is 5.75 Å². The Morgan fingerprint density at radius 2 is 2.11 bits per heavy atom. The Balaban J connectivity index is 2.26. The predicted octanol–water partition coefficient (Wildman–Crippen LogP) is 2.83. The van der Waals surface area contributed by atoms with Crippen LogP contribution in [-0.2, 0) is 0 Å². The number of hydrogen-bond donors (Lipinski definition) is 1. The Hall–Kier alpha value is -1.06. The molecule has 0 spiro atoms. The third kappa shape index (κ3) is 2.93. The molecule has 0 bridgehead atoms. The summed E-state index contributed by atoms with van der Waals surface area (Å²) in [6.07, 6.45) is 1.16. The van der Waals surface area contributed by atoms with Gasteiger partial charge in [-0.05, 0) is 33.0 Å². The van der Waals surface area contributed by atoms with Crippen LogP contribution in [0.4, 0.5) is 0 Å². The molecule has 3 heteroatoms. The Morgan fingerprint density at radius 3 is 2.79 bits per heavy atom. The number of nitrogens with one attached hydrogen (secondary N) is 1. The molecule has 0 fully saturated rings. The molecule has 1 aromatic carbocycles. The summed E-state index contributed by atoms with van der Waals surface area (Å²) < 4.78 is 5.95. The number of fused-ring (bicyclic) bond motifs is 1. The maximum absolute atomic E-state index is 5.95. The molecular weight excluding hydrogens is 236 g/mol. The van der Waals surface area contributed by atoms with Gasteiger partial charge in [-0.1, -0.05) is 32.0 Å². The third-order valence-electron chi connectivity index (χ3n) is 4.28. The number of rotatable bonds is 5. The van der Waals surface area contributed by atoms with Gasteiger partial charge >= 0.3 is 0 Å². The van der Waals surface area contributed by atoms with Crippen molar-refractivity contribution in [1.29, 1.82) is 0 Å². The van der Waals surface area contributed by atoms with Crippen molar-refractivity contribution in [2.24, 2.45) is 0 Å². The lowest BCUT2D eigenvalue weighted by molar-refractivity contribution is 0.0784. The highest BCUT2D eigenvalue weighted by atomic mass is 16.5. The van der Waals surface area contributed by atoms with Crippen LogP contribution in [-0.4, -0.2) is 37.2 Å². The number of likely N-dealkylation sites (N-methyl/N-ethyl adjacent to an activating group) is 2. The van der Waals surface area contributed by atoms with E-state index in [1.54, 1.807) is 0 Å². The highest BCUT2D eigenvalue weighted by Gasteiger charge is 2.34. The van der Waals surface area contributed by atoms with Crippen LogP contribution < -0.4 is 10.1 Å². The molecule has 1 aromatic rings. The quantitative estimate of drug-likeness (QED) is 0.883. The maximum Gasteiger partial charge on any atom is 0.124 e. The maximum atomic E-state index is 5.95. The second kappa shape index (κ2) is 6.40. The van der Waals surface area contributed by atoms with Crippen LogP contribution in [0.25, 0.3) is 0 Å². The first-order valence-corrected chi connectivity index (χ1v) is 7.36. The van der Waals surface area contributed by atoms with Crippen LogP contribution in [0.2, 0.25) is 0 Å². The van der Waals surface area contributed by atoms with E-state index in [1.165, 1.54) is 5.56 Å². The minimum atomic E-state index is 0.356. The van der Waals surface area contributed by atoms with E-state index < -0.39 is 0 Å². The SMILES string of the molecule is CCNC1c2ccccc2OCC1N(C)C(C)CC. The van der Waals surface area contributed by atoms with Gasteiger partial charge in [0.15, 0.2) is 0 Å². The van der Waals surface area contributed by atoms with Crippen LogP contribution in [0.15, 0.2) is 24.3 Å². The lowest BCUT2D eigenvalue weighted by Crippen LogP contribution is -2.51. The Morgan fingerprint density at radius 1 is 1.37 bits per heavy atom. The molecule has 0 aromatic heterocycles. The first-order chi connectivity index (χ1) is 9.19. The average molecular weight is 262 g/mol. The topological polar surface area (TPSA) is 24.5 Å². The summed E-state index contributed by atoms with van der Waals surface area (Å²) >= 11 is 0. The Kier molecular flexibility index (Phi) is 4.83. The normalized spacial score (nSPS) is 23.8. The first-order valence-electron chi connectivity index (χ1n) is 7.36. The zero-order valence-electron chi connectivity index (χ0n) is 12.5. The van der Waals surface area contributed by atoms with Crippen molar-refractivity contribution in [3.8, 4) is 5.75 Å². The van der Waals surface area contributed by atoms with Crippen LogP contribution >= 0.6 is 0 Å². The largest absolute Gasteiger partial charge is 0.492 e. The van der Waals surface area contributed by atoms with E-state index in [1.807, 2.05) is 6.07 Å². The monoisotopic (exact) mass is 262 g/mol.